The Balaban J connectivity index is 2.09. The summed E-state index contributed by atoms with van der Waals surface area (Å²) in [5.74, 6) is -4.21. The van der Waals surface area contributed by atoms with Crippen molar-refractivity contribution in [3.05, 3.63) is 40.7 Å². The van der Waals surface area contributed by atoms with Gasteiger partial charge in [0.1, 0.15) is 5.82 Å². The van der Waals surface area contributed by atoms with Crippen LogP contribution in [0.15, 0.2) is 17.5 Å². The lowest BCUT2D eigenvalue weighted by Gasteiger charge is -2.06. The van der Waals surface area contributed by atoms with Crippen LogP contribution in [0.3, 0.4) is 0 Å². The summed E-state index contributed by atoms with van der Waals surface area (Å²) in [5, 5.41) is 4.03. The fraction of sp³-hybridized carbons (Fsp3) is 0.0909. The maximum absolute atomic E-state index is 13.3. The molecule has 0 unspecified atom stereocenters. The third kappa shape index (κ3) is 3.22. The Bertz CT molecular complexity index is 630. The lowest BCUT2D eigenvalue weighted by molar-refractivity contribution is -0.115. The Labute approximate surface area is 110 Å². The van der Waals surface area contributed by atoms with E-state index in [-0.39, 0.29) is 6.42 Å². The molecule has 1 amide bonds. The van der Waals surface area contributed by atoms with Gasteiger partial charge >= 0.3 is 0 Å². The molecule has 100 valence electrons. The highest BCUT2D eigenvalue weighted by Crippen LogP contribution is 2.19. The van der Waals surface area contributed by atoms with Gasteiger partial charge in [0.25, 0.3) is 0 Å². The molecule has 0 saturated carbocycles. The van der Waals surface area contributed by atoms with E-state index < -0.39 is 29.0 Å². The van der Waals surface area contributed by atoms with E-state index in [4.69, 9.17) is 5.73 Å². The molecule has 0 saturated heterocycles. The molecule has 0 fully saturated rings. The number of hydrogen-bond acceptors (Lipinski definition) is 4. The normalized spacial score (nSPS) is 10.5. The van der Waals surface area contributed by atoms with E-state index in [2.05, 4.69) is 10.3 Å². The molecule has 0 bridgehead atoms. The molecule has 0 aliphatic rings. The summed E-state index contributed by atoms with van der Waals surface area (Å²) < 4.78 is 38.9. The van der Waals surface area contributed by atoms with Gasteiger partial charge in [-0.15, -0.1) is 11.3 Å². The average molecular weight is 287 g/mol. The summed E-state index contributed by atoms with van der Waals surface area (Å²) in [5.41, 5.74) is 5.39. The van der Waals surface area contributed by atoms with Crippen molar-refractivity contribution in [2.75, 3.05) is 11.1 Å². The summed E-state index contributed by atoms with van der Waals surface area (Å²) in [4.78, 5) is 15.4. The molecule has 0 spiro atoms. The van der Waals surface area contributed by atoms with Crippen molar-refractivity contribution < 1.29 is 18.0 Å². The predicted molar refractivity (Wildman–Crippen MR) is 65.2 cm³/mol. The molecule has 0 radical (unpaired) electrons. The van der Waals surface area contributed by atoms with E-state index in [1.54, 1.807) is 5.38 Å². The van der Waals surface area contributed by atoms with Crippen LogP contribution in [0.5, 0.6) is 0 Å². The van der Waals surface area contributed by atoms with Crippen LogP contribution in [-0.4, -0.2) is 10.9 Å². The molecule has 0 aliphatic heterocycles. The van der Waals surface area contributed by atoms with E-state index >= 15 is 0 Å². The fourth-order valence-corrected chi connectivity index (χ4v) is 1.94. The highest BCUT2D eigenvalue weighted by Gasteiger charge is 2.13. The monoisotopic (exact) mass is 287 g/mol. The lowest BCUT2D eigenvalue weighted by atomic mass is 10.2. The van der Waals surface area contributed by atoms with E-state index in [1.807, 2.05) is 0 Å². The first-order valence-electron chi connectivity index (χ1n) is 5.10. The predicted octanol–water partition coefficient (Wildman–Crippen LogP) is 2.32. The molecule has 1 heterocycles. The Morgan fingerprint density at radius 3 is 2.58 bits per heavy atom. The largest absolute Gasteiger partial charge is 0.375 e. The number of rotatable bonds is 3. The molecule has 1 aromatic carbocycles. The molecular formula is C11H8F3N3OS. The third-order valence-corrected chi connectivity index (χ3v) is 2.92. The van der Waals surface area contributed by atoms with Gasteiger partial charge in [0, 0.05) is 17.5 Å². The zero-order chi connectivity index (χ0) is 14.0. The quantitative estimate of drug-likeness (QED) is 0.851. The number of nitrogens with two attached hydrogens (primary N) is 1. The number of nitrogen functional groups attached to an aromatic ring is 1. The maximum atomic E-state index is 13.3. The molecule has 19 heavy (non-hydrogen) atoms. The van der Waals surface area contributed by atoms with Gasteiger partial charge < -0.3 is 11.1 Å². The van der Waals surface area contributed by atoms with Crippen LogP contribution in [0.2, 0.25) is 0 Å². The van der Waals surface area contributed by atoms with Gasteiger partial charge in [0.15, 0.2) is 16.8 Å². The topological polar surface area (TPSA) is 68.0 Å². The SMILES string of the molecule is Nc1nc(CC(=O)Nc2cc(F)c(F)cc2F)cs1. The number of anilines is 2. The number of nitrogens with one attached hydrogen (secondary N) is 1. The summed E-state index contributed by atoms with van der Waals surface area (Å²) >= 11 is 1.16. The number of benzene rings is 1. The van der Waals surface area contributed by atoms with Crippen LogP contribution >= 0.6 is 11.3 Å². The van der Waals surface area contributed by atoms with Gasteiger partial charge in [-0.25, -0.2) is 18.2 Å². The van der Waals surface area contributed by atoms with Crippen LogP contribution in [0, 0.1) is 17.5 Å². The lowest BCUT2D eigenvalue weighted by Crippen LogP contribution is -2.16. The zero-order valence-electron chi connectivity index (χ0n) is 9.41. The summed E-state index contributed by atoms with van der Waals surface area (Å²) in [6, 6.07) is 0.948. The number of carbonyl (C=O) groups excluding carboxylic acids is 1. The number of amides is 1. The van der Waals surface area contributed by atoms with Gasteiger partial charge in [-0.1, -0.05) is 0 Å². The minimum atomic E-state index is -1.32. The van der Waals surface area contributed by atoms with Crippen LogP contribution in [0.25, 0.3) is 0 Å². The molecular weight excluding hydrogens is 279 g/mol. The van der Waals surface area contributed by atoms with E-state index in [1.165, 1.54) is 0 Å². The number of carbonyl (C=O) groups is 1. The van der Waals surface area contributed by atoms with Gasteiger partial charge in [0.2, 0.25) is 5.91 Å². The van der Waals surface area contributed by atoms with E-state index in [9.17, 15) is 18.0 Å². The molecule has 3 N–H and O–H groups in total. The minimum Gasteiger partial charge on any atom is -0.375 e. The average Bonchev–Trinajstić information content (AvgIpc) is 2.71. The second-order valence-electron chi connectivity index (χ2n) is 3.65. The number of nitrogens with zero attached hydrogens (tertiary/aromatic N) is 1. The van der Waals surface area contributed by atoms with Crippen molar-refractivity contribution in [3.63, 3.8) is 0 Å². The second kappa shape index (κ2) is 5.27. The Hall–Kier alpha value is -2.09. The Morgan fingerprint density at radius 2 is 1.95 bits per heavy atom. The van der Waals surface area contributed by atoms with E-state index in [0.717, 1.165) is 11.3 Å². The maximum Gasteiger partial charge on any atom is 0.230 e. The van der Waals surface area contributed by atoms with Crippen molar-refractivity contribution in [2.45, 2.75) is 6.42 Å². The number of hydrogen-bond donors (Lipinski definition) is 2. The molecule has 0 aliphatic carbocycles. The first-order chi connectivity index (χ1) is 8.95. The molecule has 2 aromatic rings. The number of aromatic nitrogens is 1. The molecule has 0 atom stereocenters. The third-order valence-electron chi connectivity index (χ3n) is 2.20. The van der Waals surface area contributed by atoms with Crippen molar-refractivity contribution in [1.29, 1.82) is 0 Å². The molecule has 1 aromatic heterocycles. The van der Waals surface area contributed by atoms with Gasteiger partial charge in [-0.2, -0.15) is 0 Å². The number of halogens is 3. The smallest absolute Gasteiger partial charge is 0.230 e. The zero-order valence-corrected chi connectivity index (χ0v) is 10.2. The van der Waals surface area contributed by atoms with Gasteiger partial charge in [-0.05, 0) is 0 Å². The second-order valence-corrected chi connectivity index (χ2v) is 4.54. The minimum absolute atomic E-state index is 0.133. The fourth-order valence-electron chi connectivity index (χ4n) is 1.38. The highest BCUT2D eigenvalue weighted by atomic mass is 32.1. The van der Waals surface area contributed by atoms with Gasteiger partial charge in [-0.3, -0.25) is 4.79 Å². The van der Waals surface area contributed by atoms with Crippen molar-refractivity contribution in [2.24, 2.45) is 0 Å². The number of thiazole rings is 1. The highest BCUT2D eigenvalue weighted by molar-refractivity contribution is 7.13. The summed E-state index contributed by atoms with van der Waals surface area (Å²) in [6.07, 6.45) is -0.133. The Morgan fingerprint density at radius 1 is 1.26 bits per heavy atom. The first kappa shape index (κ1) is 13.3. The molecule has 8 heteroatoms. The summed E-state index contributed by atoms with van der Waals surface area (Å²) in [6.45, 7) is 0. The van der Waals surface area contributed by atoms with Crippen molar-refractivity contribution in [1.82, 2.24) is 4.98 Å². The van der Waals surface area contributed by atoms with Crippen molar-refractivity contribution >= 4 is 28.1 Å². The van der Waals surface area contributed by atoms with Crippen LogP contribution < -0.4 is 11.1 Å². The van der Waals surface area contributed by atoms with Gasteiger partial charge in [0.05, 0.1) is 17.8 Å². The standard InChI is InChI=1S/C11H8F3N3OS/c12-6-2-8(14)9(3-7(6)13)17-10(18)1-5-4-19-11(15)16-5/h2-4H,1H2,(H2,15,16)(H,17,18). The summed E-state index contributed by atoms with van der Waals surface area (Å²) in [7, 11) is 0. The van der Waals surface area contributed by atoms with Crippen LogP contribution in [0.1, 0.15) is 5.69 Å². The first-order valence-corrected chi connectivity index (χ1v) is 5.98. The van der Waals surface area contributed by atoms with Crippen molar-refractivity contribution in [3.8, 4) is 0 Å². The molecule has 4 nitrogen and oxygen atoms in total. The van der Waals surface area contributed by atoms with Crippen LogP contribution in [-0.2, 0) is 11.2 Å². The van der Waals surface area contributed by atoms with Crippen LogP contribution in [0.4, 0.5) is 24.0 Å². The Kier molecular flexibility index (Phi) is 3.70. The van der Waals surface area contributed by atoms with E-state index in [0.29, 0.717) is 23.0 Å². The molecule has 2 rings (SSSR count).